The first-order chi connectivity index (χ1) is 19.4. The van der Waals surface area contributed by atoms with Crippen LogP contribution in [-0.4, -0.2) is 57.4 Å². The molecule has 40 heavy (non-hydrogen) atoms. The van der Waals surface area contributed by atoms with Crippen LogP contribution < -0.4 is 20.7 Å². The summed E-state index contributed by atoms with van der Waals surface area (Å²) in [6, 6.07) is 19.4. The van der Waals surface area contributed by atoms with Gasteiger partial charge in [-0.25, -0.2) is 4.79 Å². The van der Waals surface area contributed by atoms with E-state index in [0.717, 1.165) is 27.7 Å². The number of ether oxygens (including phenoxy) is 1. The summed E-state index contributed by atoms with van der Waals surface area (Å²) >= 11 is 0. The molecule has 4 aromatic rings. The molecule has 2 fully saturated rings. The Kier molecular flexibility index (Phi) is 6.61. The standard InChI is InChI=1S/C30H28N6O4/c1-19-14-22(24-4-2-3-5-25(24)32-19)17-40-23-8-6-21(7-9-23)27(37)33-26-16-36(15-20-10-12-31-13-11-20)18-30(26)28(38)34-29(39)35-30/h2-14,26H,15-18H2,1H3,(H,33,37)(H2,34,35,38,39). The van der Waals surface area contributed by atoms with Crippen molar-refractivity contribution in [2.75, 3.05) is 13.1 Å². The van der Waals surface area contributed by atoms with Crippen molar-refractivity contribution < 1.29 is 19.1 Å². The molecule has 0 aliphatic carbocycles. The van der Waals surface area contributed by atoms with Crippen molar-refractivity contribution in [3.8, 4) is 5.75 Å². The van der Waals surface area contributed by atoms with Crippen molar-refractivity contribution >= 4 is 28.7 Å². The molecule has 0 saturated carbocycles. The Morgan fingerprint density at radius 3 is 2.62 bits per heavy atom. The fourth-order valence-corrected chi connectivity index (χ4v) is 5.46. The normalized spacial score (nSPS) is 20.5. The maximum atomic E-state index is 13.2. The second-order valence-corrected chi connectivity index (χ2v) is 10.2. The van der Waals surface area contributed by atoms with Crippen molar-refractivity contribution in [1.29, 1.82) is 0 Å². The lowest BCUT2D eigenvalue weighted by Crippen LogP contribution is -2.62. The Bertz CT molecular complexity index is 1590. The number of carbonyl (C=O) groups is 3. The first kappa shape index (κ1) is 25.4. The molecule has 0 radical (unpaired) electrons. The van der Waals surface area contributed by atoms with Crippen molar-refractivity contribution in [1.82, 2.24) is 30.8 Å². The van der Waals surface area contributed by atoms with Gasteiger partial charge >= 0.3 is 6.03 Å². The molecule has 2 aromatic heterocycles. The van der Waals surface area contributed by atoms with Gasteiger partial charge < -0.3 is 15.4 Å². The van der Waals surface area contributed by atoms with Gasteiger partial charge in [0.1, 0.15) is 12.4 Å². The van der Waals surface area contributed by atoms with E-state index in [2.05, 4.69) is 25.9 Å². The number of urea groups is 1. The number of carbonyl (C=O) groups excluding carboxylic acids is 3. The van der Waals surface area contributed by atoms with E-state index < -0.39 is 23.5 Å². The maximum Gasteiger partial charge on any atom is 0.322 e. The first-order valence-corrected chi connectivity index (χ1v) is 13.0. The molecule has 1 spiro atoms. The third-order valence-electron chi connectivity index (χ3n) is 7.38. The molecule has 202 valence electrons. The third-order valence-corrected chi connectivity index (χ3v) is 7.38. The Balaban J connectivity index is 1.14. The summed E-state index contributed by atoms with van der Waals surface area (Å²) in [7, 11) is 0. The highest BCUT2D eigenvalue weighted by molar-refractivity contribution is 6.08. The topological polar surface area (TPSA) is 126 Å². The lowest BCUT2D eigenvalue weighted by molar-refractivity contribution is -0.124. The van der Waals surface area contributed by atoms with E-state index in [1.54, 1.807) is 36.7 Å². The fraction of sp³-hybridized carbons (Fsp3) is 0.233. The predicted octanol–water partition coefficient (Wildman–Crippen LogP) is 2.71. The van der Waals surface area contributed by atoms with Crippen molar-refractivity contribution in [2.45, 2.75) is 31.7 Å². The summed E-state index contributed by atoms with van der Waals surface area (Å²) in [5, 5.41) is 9.12. The van der Waals surface area contributed by atoms with Gasteiger partial charge in [0, 0.05) is 54.2 Å². The van der Waals surface area contributed by atoms with E-state index >= 15 is 0 Å². The second-order valence-electron chi connectivity index (χ2n) is 10.2. The minimum atomic E-state index is -1.24. The van der Waals surface area contributed by atoms with Crippen LogP contribution in [0.3, 0.4) is 0 Å². The monoisotopic (exact) mass is 536 g/mol. The van der Waals surface area contributed by atoms with E-state index in [-0.39, 0.29) is 12.5 Å². The van der Waals surface area contributed by atoms with Gasteiger partial charge in [-0.1, -0.05) is 18.2 Å². The van der Waals surface area contributed by atoms with Crippen LogP contribution in [0.15, 0.2) is 79.1 Å². The number of hydrogen-bond acceptors (Lipinski definition) is 7. The van der Waals surface area contributed by atoms with Crippen molar-refractivity contribution in [3.05, 3.63) is 102 Å². The van der Waals surface area contributed by atoms with Gasteiger partial charge in [-0.05, 0) is 61.0 Å². The van der Waals surface area contributed by atoms with Crippen molar-refractivity contribution in [2.24, 2.45) is 0 Å². The van der Waals surface area contributed by atoms with E-state index in [0.29, 0.717) is 31.0 Å². The lowest BCUT2D eigenvalue weighted by Gasteiger charge is -2.27. The number of benzene rings is 2. The summed E-state index contributed by atoms with van der Waals surface area (Å²) in [4.78, 5) is 48.8. The number of nitrogens with zero attached hydrogens (tertiary/aromatic N) is 3. The smallest absolute Gasteiger partial charge is 0.322 e. The first-order valence-electron chi connectivity index (χ1n) is 13.0. The number of pyridine rings is 2. The van der Waals surface area contributed by atoms with Crippen LogP contribution in [0.25, 0.3) is 10.9 Å². The average Bonchev–Trinajstić information content (AvgIpc) is 3.44. The lowest BCUT2D eigenvalue weighted by atomic mass is 9.93. The summed E-state index contributed by atoms with van der Waals surface area (Å²) in [6.45, 7) is 3.53. The summed E-state index contributed by atoms with van der Waals surface area (Å²) in [5.41, 5.74) is 3.07. The number of hydrogen-bond donors (Lipinski definition) is 3. The molecule has 2 unspecified atom stereocenters. The van der Waals surface area contributed by atoms with Gasteiger partial charge in [-0.2, -0.15) is 0 Å². The fourth-order valence-electron chi connectivity index (χ4n) is 5.46. The highest BCUT2D eigenvalue weighted by atomic mass is 16.5. The largest absolute Gasteiger partial charge is 0.489 e. The second kappa shape index (κ2) is 10.4. The molecule has 2 aliphatic heterocycles. The summed E-state index contributed by atoms with van der Waals surface area (Å²) in [6.07, 6.45) is 3.41. The number of fused-ring (bicyclic) bond motifs is 1. The van der Waals surface area contributed by atoms with E-state index in [9.17, 15) is 14.4 Å². The molecule has 2 aromatic carbocycles. The molecule has 6 rings (SSSR count). The quantitative estimate of drug-likeness (QED) is 0.310. The SMILES string of the molecule is Cc1cc(COc2ccc(C(=O)NC3CN(Cc4ccncc4)CC34NC(=O)NC4=O)cc2)c2ccccc2n1. The van der Waals surface area contributed by atoms with Gasteiger partial charge in [0.25, 0.3) is 11.8 Å². The zero-order valence-electron chi connectivity index (χ0n) is 21.9. The number of imide groups is 1. The molecular weight excluding hydrogens is 508 g/mol. The number of amides is 4. The molecule has 2 atom stereocenters. The third kappa shape index (κ3) is 4.96. The average molecular weight is 537 g/mol. The van der Waals surface area contributed by atoms with Gasteiger partial charge in [0.05, 0.1) is 11.6 Å². The highest BCUT2D eigenvalue weighted by Gasteiger charge is 2.57. The Hall–Kier alpha value is -4.83. The molecular formula is C30H28N6O4. The molecule has 10 nitrogen and oxygen atoms in total. The van der Waals surface area contributed by atoms with E-state index in [4.69, 9.17) is 4.74 Å². The van der Waals surface area contributed by atoms with Gasteiger partial charge in [0.15, 0.2) is 5.54 Å². The number of likely N-dealkylation sites (tertiary alicyclic amines) is 1. The minimum Gasteiger partial charge on any atom is -0.489 e. The van der Waals surface area contributed by atoms with Crippen LogP contribution in [0.4, 0.5) is 4.79 Å². The van der Waals surface area contributed by atoms with Crippen LogP contribution >= 0.6 is 0 Å². The zero-order valence-corrected chi connectivity index (χ0v) is 21.9. The number of para-hydroxylation sites is 1. The molecule has 2 saturated heterocycles. The maximum absolute atomic E-state index is 13.2. The van der Waals surface area contributed by atoms with Crippen LogP contribution in [0, 0.1) is 6.92 Å². The van der Waals surface area contributed by atoms with E-state index in [1.165, 1.54) is 0 Å². The zero-order chi connectivity index (χ0) is 27.7. The summed E-state index contributed by atoms with van der Waals surface area (Å²) < 4.78 is 6.02. The summed E-state index contributed by atoms with van der Waals surface area (Å²) in [5.74, 6) is -0.160. The van der Waals surface area contributed by atoms with Gasteiger partial charge in [-0.15, -0.1) is 0 Å². The predicted molar refractivity (Wildman–Crippen MR) is 147 cm³/mol. The molecule has 4 amide bonds. The molecule has 4 heterocycles. The van der Waals surface area contributed by atoms with Gasteiger partial charge in [0.2, 0.25) is 0 Å². The highest BCUT2D eigenvalue weighted by Crippen LogP contribution is 2.27. The Morgan fingerprint density at radius 1 is 1.10 bits per heavy atom. The van der Waals surface area contributed by atoms with Crippen LogP contribution in [0.2, 0.25) is 0 Å². The number of aromatic nitrogens is 2. The Morgan fingerprint density at radius 2 is 1.88 bits per heavy atom. The van der Waals surface area contributed by atoms with Crippen molar-refractivity contribution in [3.63, 3.8) is 0 Å². The van der Waals surface area contributed by atoms with E-state index in [1.807, 2.05) is 54.3 Å². The molecule has 3 N–H and O–H groups in total. The van der Waals surface area contributed by atoms with Crippen LogP contribution in [-0.2, 0) is 17.9 Å². The Labute approximate surface area is 230 Å². The molecule has 10 heteroatoms. The number of rotatable bonds is 7. The molecule has 2 aliphatic rings. The van der Waals surface area contributed by atoms with Gasteiger partial charge in [-0.3, -0.25) is 29.8 Å². The number of aryl methyl sites for hydroxylation is 1. The van der Waals surface area contributed by atoms with Crippen LogP contribution in [0.5, 0.6) is 5.75 Å². The number of nitrogens with one attached hydrogen (secondary N) is 3. The molecule has 0 bridgehead atoms. The minimum absolute atomic E-state index is 0.272. The van der Waals surface area contributed by atoms with Crippen LogP contribution in [0.1, 0.15) is 27.2 Å².